The van der Waals surface area contributed by atoms with E-state index in [4.69, 9.17) is 5.26 Å². The molecule has 1 aliphatic carbocycles. The van der Waals surface area contributed by atoms with E-state index in [1.54, 1.807) is 0 Å². The van der Waals surface area contributed by atoms with E-state index in [-0.39, 0.29) is 11.7 Å². The van der Waals surface area contributed by atoms with Gasteiger partial charge in [0.25, 0.3) is 0 Å². The SMILES string of the molecule is CC(C)(C#N)C1C=CCC(=O)C1. The summed E-state index contributed by atoms with van der Waals surface area (Å²) in [5, 5.41) is 8.84. The van der Waals surface area contributed by atoms with Crippen molar-refractivity contribution >= 4 is 5.78 Å². The van der Waals surface area contributed by atoms with Crippen LogP contribution in [0.2, 0.25) is 0 Å². The number of carbonyl (C=O) groups excluding carboxylic acids is 1. The standard InChI is InChI=1S/C10H13NO/c1-10(2,7-11)8-4-3-5-9(12)6-8/h3-4,8H,5-6H2,1-2H3. The third-order valence-corrected chi connectivity index (χ3v) is 2.38. The second-order valence-corrected chi connectivity index (χ2v) is 3.82. The first-order valence-electron chi connectivity index (χ1n) is 4.16. The van der Waals surface area contributed by atoms with Gasteiger partial charge in [-0.3, -0.25) is 4.79 Å². The first-order valence-corrected chi connectivity index (χ1v) is 4.16. The molecule has 0 saturated carbocycles. The maximum absolute atomic E-state index is 11.1. The molecule has 1 rings (SSSR count). The van der Waals surface area contributed by atoms with E-state index in [0.717, 1.165) is 0 Å². The van der Waals surface area contributed by atoms with Crippen LogP contribution in [0.15, 0.2) is 12.2 Å². The predicted octanol–water partition coefficient (Wildman–Crippen LogP) is 2.07. The number of nitriles is 1. The summed E-state index contributed by atoms with van der Waals surface area (Å²) in [4.78, 5) is 11.1. The van der Waals surface area contributed by atoms with Crippen LogP contribution in [0.4, 0.5) is 0 Å². The van der Waals surface area contributed by atoms with Gasteiger partial charge in [-0.2, -0.15) is 5.26 Å². The van der Waals surface area contributed by atoms with Crippen molar-refractivity contribution in [3.8, 4) is 6.07 Å². The molecular weight excluding hydrogens is 150 g/mol. The molecule has 2 nitrogen and oxygen atoms in total. The fourth-order valence-corrected chi connectivity index (χ4v) is 1.34. The van der Waals surface area contributed by atoms with Crippen LogP contribution in [0.5, 0.6) is 0 Å². The summed E-state index contributed by atoms with van der Waals surface area (Å²) in [7, 11) is 0. The molecule has 1 atom stereocenters. The molecule has 0 aromatic carbocycles. The lowest BCUT2D eigenvalue weighted by molar-refractivity contribution is -0.119. The average molecular weight is 163 g/mol. The van der Waals surface area contributed by atoms with Gasteiger partial charge < -0.3 is 0 Å². The van der Waals surface area contributed by atoms with E-state index in [1.807, 2.05) is 26.0 Å². The van der Waals surface area contributed by atoms with Crippen LogP contribution in [-0.4, -0.2) is 5.78 Å². The Bertz CT molecular complexity index is 258. The highest BCUT2D eigenvalue weighted by Crippen LogP contribution is 2.32. The number of ketones is 1. The molecule has 0 aromatic rings. The van der Waals surface area contributed by atoms with Crippen molar-refractivity contribution in [1.82, 2.24) is 0 Å². The Morgan fingerprint density at radius 3 is 2.83 bits per heavy atom. The number of nitrogens with zero attached hydrogens (tertiary/aromatic N) is 1. The van der Waals surface area contributed by atoms with Crippen LogP contribution in [0, 0.1) is 22.7 Å². The molecule has 0 aliphatic heterocycles. The zero-order chi connectivity index (χ0) is 9.19. The fraction of sp³-hybridized carbons (Fsp3) is 0.600. The van der Waals surface area contributed by atoms with Crippen molar-refractivity contribution in [2.24, 2.45) is 11.3 Å². The highest BCUT2D eigenvalue weighted by molar-refractivity contribution is 5.81. The van der Waals surface area contributed by atoms with Gasteiger partial charge >= 0.3 is 0 Å². The minimum absolute atomic E-state index is 0.101. The van der Waals surface area contributed by atoms with Crippen molar-refractivity contribution in [2.45, 2.75) is 26.7 Å². The maximum atomic E-state index is 11.1. The summed E-state index contributed by atoms with van der Waals surface area (Å²) in [6.07, 6.45) is 4.93. The molecule has 1 aliphatic rings. The molecular formula is C10H13NO. The monoisotopic (exact) mass is 163 g/mol. The molecule has 1 unspecified atom stereocenters. The molecule has 0 fully saturated rings. The lowest BCUT2D eigenvalue weighted by Crippen LogP contribution is -2.25. The van der Waals surface area contributed by atoms with Crippen molar-refractivity contribution in [2.75, 3.05) is 0 Å². The normalized spacial score (nSPS) is 23.8. The minimum atomic E-state index is -0.410. The third kappa shape index (κ3) is 1.73. The smallest absolute Gasteiger partial charge is 0.137 e. The number of Topliss-reactive ketones (excluding diaryl/α,β-unsaturated/α-hetero) is 1. The summed E-state index contributed by atoms with van der Waals surface area (Å²) >= 11 is 0. The largest absolute Gasteiger partial charge is 0.299 e. The Balaban J connectivity index is 2.78. The van der Waals surface area contributed by atoms with Crippen LogP contribution >= 0.6 is 0 Å². The van der Waals surface area contributed by atoms with Crippen LogP contribution in [0.1, 0.15) is 26.7 Å². The number of hydrogen-bond donors (Lipinski definition) is 0. The zero-order valence-electron chi connectivity index (χ0n) is 7.50. The summed E-state index contributed by atoms with van der Waals surface area (Å²) in [5.74, 6) is 0.342. The van der Waals surface area contributed by atoms with Crippen molar-refractivity contribution in [1.29, 1.82) is 5.26 Å². The Kier molecular flexibility index (Phi) is 2.32. The molecule has 0 N–H and O–H groups in total. The second kappa shape index (κ2) is 3.10. The van der Waals surface area contributed by atoms with E-state index >= 15 is 0 Å². The van der Waals surface area contributed by atoms with Gasteiger partial charge in [0.2, 0.25) is 0 Å². The van der Waals surface area contributed by atoms with Gasteiger partial charge in [-0.05, 0) is 13.8 Å². The number of carbonyl (C=O) groups is 1. The molecule has 0 bridgehead atoms. The van der Waals surface area contributed by atoms with Gasteiger partial charge in [0, 0.05) is 18.8 Å². The van der Waals surface area contributed by atoms with E-state index in [9.17, 15) is 4.79 Å². The first-order chi connectivity index (χ1) is 5.56. The van der Waals surface area contributed by atoms with Crippen molar-refractivity contribution in [3.05, 3.63) is 12.2 Å². The minimum Gasteiger partial charge on any atom is -0.299 e. The van der Waals surface area contributed by atoms with E-state index in [0.29, 0.717) is 12.8 Å². The zero-order valence-corrected chi connectivity index (χ0v) is 7.50. The van der Waals surface area contributed by atoms with Crippen molar-refractivity contribution < 1.29 is 4.79 Å². The van der Waals surface area contributed by atoms with Crippen LogP contribution in [0.3, 0.4) is 0 Å². The van der Waals surface area contributed by atoms with Gasteiger partial charge in [-0.15, -0.1) is 0 Å². The Hall–Kier alpha value is -1.10. The van der Waals surface area contributed by atoms with Crippen LogP contribution in [0.25, 0.3) is 0 Å². The van der Waals surface area contributed by atoms with Gasteiger partial charge in [0.15, 0.2) is 0 Å². The quantitative estimate of drug-likeness (QED) is 0.555. The molecule has 64 valence electrons. The lowest BCUT2D eigenvalue weighted by atomic mass is 9.75. The summed E-state index contributed by atoms with van der Waals surface area (Å²) < 4.78 is 0. The van der Waals surface area contributed by atoms with Gasteiger partial charge in [0.1, 0.15) is 5.78 Å². The molecule has 2 heteroatoms. The third-order valence-electron chi connectivity index (χ3n) is 2.38. The molecule has 0 spiro atoms. The van der Waals surface area contributed by atoms with Crippen molar-refractivity contribution in [3.63, 3.8) is 0 Å². The molecule has 0 saturated heterocycles. The maximum Gasteiger partial charge on any atom is 0.137 e. The Morgan fingerprint density at radius 2 is 2.33 bits per heavy atom. The molecule has 0 radical (unpaired) electrons. The van der Waals surface area contributed by atoms with Crippen LogP contribution < -0.4 is 0 Å². The molecule has 12 heavy (non-hydrogen) atoms. The molecule has 0 aromatic heterocycles. The first kappa shape index (κ1) is 8.99. The number of allylic oxidation sites excluding steroid dienone is 2. The van der Waals surface area contributed by atoms with Crippen LogP contribution in [-0.2, 0) is 4.79 Å². The fourth-order valence-electron chi connectivity index (χ4n) is 1.34. The van der Waals surface area contributed by atoms with E-state index in [2.05, 4.69) is 6.07 Å². The molecule has 0 heterocycles. The van der Waals surface area contributed by atoms with Gasteiger partial charge in [-0.1, -0.05) is 12.2 Å². The van der Waals surface area contributed by atoms with E-state index < -0.39 is 5.41 Å². The lowest BCUT2D eigenvalue weighted by Gasteiger charge is -2.26. The highest BCUT2D eigenvalue weighted by Gasteiger charge is 2.30. The summed E-state index contributed by atoms with van der Waals surface area (Å²) in [6, 6.07) is 2.23. The van der Waals surface area contributed by atoms with Gasteiger partial charge in [-0.25, -0.2) is 0 Å². The van der Waals surface area contributed by atoms with Gasteiger partial charge in [0.05, 0.1) is 11.5 Å². The summed E-state index contributed by atoms with van der Waals surface area (Å²) in [6.45, 7) is 3.75. The number of hydrogen-bond acceptors (Lipinski definition) is 2. The summed E-state index contributed by atoms with van der Waals surface area (Å²) in [5.41, 5.74) is -0.410. The Morgan fingerprint density at radius 1 is 1.67 bits per heavy atom. The predicted molar refractivity (Wildman–Crippen MR) is 46.3 cm³/mol. The topological polar surface area (TPSA) is 40.9 Å². The number of rotatable bonds is 1. The second-order valence-electron chi connectivity index (χ2n) is 3.82. The highest BCUT2D eigenvalue weighted by atomic mass is 16.1. The molecule has 0 amide bonds. The van der Waals surface area contributed by atoms with E-state index in [1.165, 1.54) is 0 Å². The average Bonchev–Trinajstić information content (AvgIpc) is 2.05. The Labute approximate surface area is 72.9 Å².